The van der Waals surface area contributed by atoms with E-state index in [1.165, 1.54) is 6.34 Å². The minimum atomic E-state index is -1.31. The van der Waals surface area contributed by atoms with Crippen LogP contribution in [0.4, 0.5) is 22.2 Å². The molecule has 0 bridgehead atoms. The SMILES string of the molecule is CN(C)/C=N/c1nc2c(c(=O)n1COC(=O)C(C)(C)C)N=C1c3sc(=O)sc3[C@@H](CO)O[C@H]1N2C(=O)OCC1c2ccccc2-c2ccccc21. The molecule has 0 radical (unpaired) electrons. The van der Waals surface area contributed by atoms with Crippen molar-refractivity contribution in [2.45, 2.75) is 45.8 Å². The zero-order valence-corrected chi connectivity index (χ0v) is 30.0. The average Bonchev–Trinajstić information content (AvgIpc) is 3.65. The Hall–Kier alpha value is -5.03. The minimum Gasteiger partial charge on any atom is -0.448 e. The van der Waals surface area contributed by atoms with Gasteiger partial charge in [-0.15, -0.1) is 0 Å². The van der Waals surface area contributed by atoms with Gasteiger partial charge in [0.1, 0.15) is 18.4 Å². The van der Waals surface area contributed by atoms with Crippen molar-refractivity contribution in [3.05, 3.63) is 88.6 Å². The predicted octanol–water partition coefficient (Wildman–Crippen LogP) is 4.77. The van der Waals surface area contributed by atoms with Crippen LogP contribution in [0.3, 0.4) is 0 Å². The highest BCUT2D eigenvalue weighted by Gasteiger charge is 2.47. The van der Waals surface area contributed by atoms with Crippen LogP contribution in [0, 0.1) is 5.41 Å². The lowest BCUT2D eigenvalue weighted by Crippen LogP contribution is -2.53. The van der Waals surface area contributed by atoms with E-state index in [1.807, 2.05) is 48.5 Å². The summed E-state index contributed by atoms with van der Waals surface area (Å²) in [6.45, 7) is 3.97. The van der Waals surface area contributed by atoms with Gasteiger partial charge in [0, 0.05) is 20.0 Å². The van der Waals surface area contributed by atoms with E-state index in [9.17, 15) is 24.3 Å². The van der Waals surface area contributed by atoms with Crippen LogP contribution < -0.4 is 14.5 Å². The van der Waals surface area contributed by atoms with Gasteiger partial charge < -0.3 is 24.2 Å². The number of hydrogen-bond donors (Lipinski definition) is 1. The first-order chi connectivity index (χ1) is 24.4. The number of carbonyl (C=O) groups is 2. The van der Waals surface area contributed by atoms with E-state index < -0.39 is 48.7 Å². The average molecular weight is 731 g/mol. The number of aliphatic imine (C=N–C) groups is 2. The molecule has 4 aromatic rings. The molecular weight excluding hydrogens is 697 g/mol. The Morgan fingerprint density at radius 1 is 1.04 bits per heavy atom. The summed E-state index contributed by atoms with van der Waals surface area (Å²) in [5.74, 6) is -1.23. The third-order valence-corrected chi connectivity index (χ3v) is 10.8. The summed E-state index contributed by atoms with van der Waals surface area (Å²) in [5, 5.41) is 10.3. The van der Waals surface area contributed by atoms with Crippen molar-refractivity contribution in [3.8, 4) is 11.1 Å². The van der Waals surface area contributed by atoms with E-state index in [2.05, 4.69) is 15.0 Å². The van der Waals surface area contributed by atoms with Crippen LogP contribution in [0.2, 0.25) is 0 Å². The maximum absolute atomic E-state index is 14.4. The molecule has 16 heteroatoms. The molecule has 0 spiro atoms. The molecular formula is C35H34N6O8S2. The highest BCUT2D eigenvalue weighted by Crippen LogP contribution is 2.46. The van der Waals surface area contributed by atoms with Crippen molar-refractivity contribution in [2.75, 3.05) is 32.2 Å². The topological polar surface area (TPSA) is 165 Å². The lowest BCUT2D eigenvalue weighted by atomic mass is 9.98. The summed E-state index contributed by atoms with van der Waals surface area (Å²) >= 11 is 1.78. The number of nitrogens with zero attached hydrogens (tertiary/aromatic N) is 6. The standard InChI is InChI=1S/C35H34N6O8S2/c1-35(2,3)31(44)48-17-40-29(43)25-28(38-32(40)36-16-39(4)5)41(30-24(37-25)27-26(23(14-42)49-30)50-34(46)51-27)33(45)47-15-22-20-12-8-6-10-18(20)19-11-7-9-13-21(19)22/h6-13,16,22-23,30,42H,14-15,17H2,1-5H3/b36-16+/t23-,30-/m1/s1. The van der Waals surface area contributed by atoms with Gasteiger partial charge in [0.2, 0.25) is 5.95 Å². The van der Waals surface area contributed by atoms with Crippen LogP contribution in [0.25, 0.3) is 11.1 Å². The summed E-state index contributed by atoms with van der Waals surface area (Å²) in [7, 11) is 3.44. The molecule has 2 aromatic heterocycles. The molecule has 1 amide bonds. The fourth-order valence-corrected chi connectivity index (χ4v) is 8.30. The van der Waals surface area contributed by atoms with Crippen molar-refractivity contribution in [1.82, 2.24) is 14.5 Å². The van der Waals surface area contributed by atoms with Crippen LogP contribution in [0.15, 0.2) is 68.1 Å². The second kappa shape index (κ2) is 13.3. The first kappa shape index (κ1) is 34.4. The van der Waals surface area contributed by atoms with Crippen molar-refractivity contribution < 1.29 is 28.9 Å². The Morgan fingerprint density at radius 3 is 2.33 bits per heavy atom. The molecule has 51 heavy (non-hydrogen) atoms. The Morgan fingerprint density at radius 2 is 1.71 bits per heavy atom. The fourth-order valence-electron chi connectivity index (χ4n) is 6.08. The Labute approximate surface area is 299 Å². The summed E-state index contributed by atoms with van der Waals surface area (Å²) in [5.41, 5.74) is 2.32. The number of rotatable bonds is 7. The fraction of sp³-hybridized carbons (Fsp3) is 0.343. The molecule has 2 aromatic carbocycles. The van der Waals surface area contributed by atoms with Gasteiger partial charge in [-0.2, -0.15) is 4.98 Å². The first-order valence-corrected chi connectivity index (χ1v) is 17.7. The van der Waals surface area contributed by atoms with Crippen molar-refractivity contribution in [3.63, 3.8) is 0 Å². The maximum Gasteiger partial charge on any atom is 0.418 e. The van der Waals surface area contributed by atoms with E-state index >= 15 is 0 Å². The summed E-state index contributed by atoms with van der Waals surface area (Å²) in [6, 6.07) is 15.8. The highest BCUT2D eigenvalue weighted by atomic mass is 32.2. The number of aliphatic hydroxyl groups is 1. The van der Waals surface area contributed by atoms with Crippen LogP contribution in [-0.4, -0.2) is 77.2 Å². The van der Waals surface area contributed by atoms with Crippen LogP contribution in [-0.2, 0) is 25.7 Å². The van der Waals surface area contributed by atoms with Gasteiger partial charge in [-0.3, -0.25) is 14.4 Å². The molecule has 264 valence electrons. The number of anilines is 1. The van der Waals surface area contributed by atoms with E-state index in [-0.39, 0.29) is 39.7 Å². The van der Waals surface area contributed by atoms with Gasteiger partial charge in [-0.05, 0) is 43.0 Å². The largest absolute Gasteiger partial charge is 0.448 e. The number of amides is 1. The van der Waals surface area contributed by atoms with Gasteiger partial charge in [-0.1, -0.05) is 71.2 Å². The highest BCUT2D eigenvalue weighted by molar-refractivity contribution is 7.28. The van der Waals surface area contributed by atoms with Crippen LogP contribution in [0.1, 0.15) is 53.7 Å². The summed E-state index contributed by atoms with van der Waals surface area (Å²) in [4.78, 5) is 71.1. The minimum absolute atomic E-state index is 0.0518. The third kappa shape index (κ3) is 6.17. The first-order valence-electron chi connectivity index (χ1n) is 16.0. The second-order valence-corrected chi connectivity index (χ2v) is 15.6. The molecule has 4 heterocycles. The number of carbonyl (C=O) groups excluding carboxylic acids is 2. The number of aromatic nitrogens is 2. The lowest BCUT2D eigenvalue weighted by molar-refractivity contribution is -0.157. The Kier molecular flexibility index (Phi) is 8.95. The van der Waals surface area contributed by atoms with Gasteiger partial charge in [-0.25, -0.2) is 24.2 Å². The summed E-state index contributed by atoms with van der Waals surface area (Å²) < 4.78 is 18.5. The van der Waals surface area contributed by atoms with Crippen LogP contribution >= 0.6 is 22.7 Å². The number of fused-ring (bicyclic) bond motifs is 7. The molecule has 3 aliphatic rings. The zero-order chi connectivity index (χ0) is 36.2. The number of hydrogen-bond acceptors (Lipinski definition) is 13. The molecule has 0 unspecified atom stereocenters. The third-order valence-electron chi connectivity index (χ3n) is 8.50. The number of esters is 1. The molecule has 1 aliphatic carbocycles. The van der Waals surface area contributed by atoms with E-state index in [0.29, 0.717) is 9.75 Å². The second-order valence-electron chi connectivity index (χ2n) is 13.3. The number of aliphatic hydroxyl groups excluding tert-OH is 1. The normalized spacial score (nSPS) is 17.6. The molecule has 0 saturated heterocycles. The molecule has 7 rings (SSSR count). The number of benzene rings is 2. The van der Waals surface area contributed by atoms with Crippen molar-refractivity contribution in [1.29, 1.82) is 0 Å². The van der Waals surface area contributed by atoms with Gasteiger partial charge in [0.25, 0.3) is 9.62 Å². The molecule has 0 saturated carbocycles. The van der Waals surface area contributed by atoms with Crippen molar-refractivity contribution in [2.24, 2.45) is 15.4 Å². The molecule has 2 aliphatic heterocycles. The molecule has 0 fully saturated rings. The lowest BCUT2D eigenvalue weighted by Gasteiger charge is -2.39. The monoisotopic (exact) mass is 730 g/mol. The molecule has 1 N–H and O–H groups in total. The molecule has 2 atom stereocenters. The number of ether oxygens (including phenoxy) is 3. The zero-order valence-electron chi connectivity index (χ0n) is 28.4. The van der Waals surface area contributed by atoms with Crippen LogP contribution in [0.5, 0.6) is 0 Å². The van der Waals surface area contributed by atoms with Gasteiger partial charge in [0.15, 0.2) is 24.5 Å². The quantitative estimate of drug-likeness (QED) is 0.159. The van der Waals surface area contributed by atoms with E-state index in [0.717, 1.165) is 54.4 Å². The van der Waals surface area contributed by atoms with E-state index in [1.54, 1.807) is 39.8 Å². The van der Waals surface area contributed by atoms with Gasteiger partial charge in [0.05, 0.1) is 28.1 Å². The van der Waals surface area contributed by atoms with E-state index in [4.69, 9.17) is 14.2 Å². The molecule has 14 nitrogen and oxygen atoms in total. The maximum atomic E-state index is 14.4. The van der Waals surface area contributed by atoms with Crippen molar-refractivity contribution >= 4 is 64.2 Å². The predicted molar refractivity (Wildman–Crippen MR) is 193 cm³/mol. The van der Waals surface area contributed by atoms with Gasteiger partial charge >= 0.3 is 12.1 Å². The smallest absolute Gasteiger partial charge is 0.418 e. The summed E-state index contributed by atoms with van der Waals surface area (Å²) in [6.07, 6.45) is -1.76. The Balaban J connectivity index is 1.34. The Bertz CT molecular complexity index is 2190.